The predicted molar refractivity (Wildman–Crippen MR) is 141 cm³/mol. The number of anilines is 1. The van der Waals surface area contributed by atoms with Gasteiger partial charge < -0.3 is 14.6 Å². The second kappa shape index (κ2) is 9.60. The average Bonchev–Trinajstić information content (AvgIpc) is 3.15. The summed E-state index contributed by atoms with van der Waals surface area (Å²) in [5.41, 5.74) is 6.05. The van der Waals surface area contributed by atoms with Crippen molar-refractivity contribution in [2.45, 2.75) is 39.7 Å². The number of nitrogens with zero attached hydrogens (tertiary/aromatic N) is 1. The van der Waals surface area contributed by atoms with Crippen molar-refractivity contribution in [3.8, 4) is 5.75 Å². The molecule has 4 rings (SSSR count). The van der Waals surface area contributed by atoms with Gasteiger partial charge in [-0.25, -0.2) is 0 Å². The van der Waals surface area contributed by atoms with E-state index in [9.17, 15) is 4.79 Å². The number of fused-ring (bicyclic) bond motifs is 1. The van der Waals surface area contributed by atoms with Gasteiger partial charge in [-0.05, 0) is 59.9 Å². The molecule has 174 valence electrons. The van der Waals surface area contributed by atoms with Crippen LogP contribution in [0.25, 0.3) is 17.0 Å². The van der Waals surface area contributed by atoms with Gasteiger partial charge in [0.1, 0.15) is 5.75 Å². The van der Waals surface area contributed by atoms with Crippen LogP contribution in [0.1, 0.15) is 44.4 Å². The number of nitrogens with one attached hydrogen (secondary N) is 1. The summed E-state index contributed by atoms with van der Waals surface area (Å²) in [4.78, 5) is 12.9. The molecule has 0 aliphatic heterocycles. The molecule has 0 spiro atoms. The van der Waals surface area contributed by atoms with Gasteiger partial charge in [0.15, 0.2) is 0 Å². The van der Waals surface area contributed by atoms with Crippen molar-refractivity contribution in [2.75, 3.05) is 12.4 Å². The second-order valence-electron chi connectivity index (χ2n) is 9.69. The van der Waals surface area contributed by atoms with Crippen LogP contribution < -0.4 is 10.1 Å². The molecule has 0 unspecified atom stereocenters. The van der Waals surface area contributed by atoms with Crippen molar-refractivity contribution >= 4 is 28.6 Å². The number of carbonyl (C=O) groups excluding carboxylic acids is 1. The Hall–Kier alpha value is -3.79. The first kappa shape index (κ1) is 23.4. The zero-order valence-corrected chi connectivity index (χ0v) is 20.6. The van der Waals surface area contributed by atoms with E-state index in [-0.39, 0.29) is 11.3 Å². The van der Waals surface area contributed by atoms with Gasteiger partial charge in [-0.2, -0.15) is 0 Å². The van der Waals surface area contributed by atoms with Gasteiger partial charge in [-0.1, -0.05) is 63.2 Å². The summed E-state index contributed by atoms with van der Waals surface area (Å²) in [5.74, 6) is 0.677. The molecule has 0 aliphatic rings. The van der Waals surface area contributed by atoms with Gasteiger partial charge in [-0.3, -0.25) is 4.79 Å². The molecule has 1 aromatic heterocycles. The second-order valence-corrected chi connectivity index (χ2v) is 9.69. The Labute approximate surface area is 201 Å². The van der Waals surface area contributed by atoms with E-state index < -0.39 is 0 Å². The van der Waals surface area contributed by atoms with E-state index in [2.05, 4.69) is 67.2 Å². The summed E-state index contributed by atoms with van der Waals surface area (Å²) < 4.78 is 7.68. The van der Waals surface area contributed by atoms with Crippen LogP contribution in [0, 0.1) is 0 Å². The maximum Gasteiger partial charge on any atom is 0.251 e. The minimum Gasteiger partial charge on any atom is -0.497 e. The van der Waals surface area contributed by atoms with E-state index in [1.165, 1.54) is 11.1 Å². The van der Waals surface area contributed by atoms with Gasteiger partial charge in [0.25, 0.3) is 5.91 Å². The molecule has 1 heterocycles. The summed E-state index contributed by atoms with van der Waals surface area (Å²) in [6.07, 6.45) is 4.05. The lowest BCUT2D eigenvalue weighted by atomic mass is 9.87. The van der Waals surface area contributed by atoms with Crippen molar-refractivity contribution in [2.24, 2.45) is 0 Å². The molecule has 0 bridgehead atoms. The molecule has 0 fully saturated rings. The van der Waals surface area contributed by atoms with E-state index in [0.29, 0.717) is 5.57 Å². The van der Waals surface area contributed by atoms with E-state index in [4.69, 9.17) is 4.74 Å². The molecule has 0 saturated heterocycles. The van der Waals surface area contributed by atoms with Gasteiger partial charge >= 0.3 is 0 Å². The summed E-state index contributed by atoms with van der Waals surface area (Å²) in [7, 11) is 1.67. The van der Waals surface area contributed by atoms with Crippen LogP contribution in [0.2, 0.25) is 0 Å². The number of ether oxygens (including phenoxy) is 1. The number of carbonyl (C=O) groups is 1. The Bertz CT molecular complexity index is 1320. The number of methoxy groups -OCH3 is 1. The SMILES string of the molecule is COc1ccc2c(c1)c(/C=C(\C)C(=O)Nc1ccc(C(C)(C)C)cc1)cn2Cc1ccccc1. The number of amides is 1. The fourth-order valence-corrected chi connectivity index (χ4v) is 4.04. The van der Waals surface area contributed by atoms with E-state index in [1.54, 1.807) is 7.11 Å². The Morgan fingerprint density at radius 2 is 1.71 bits per heavy atom. The van der Waals surface area contributed by atoms with Gasteiger partial charge in [0.05, 0.1) is 7.11 Å². The van der Waals surface area contributed by atoms with Gasteiger partial charge in [0.2, 0.25) is 0 Å². The number of rotatable bonds is 6. The third kappa shape index (κ3) is 5.23. The lowest BCUT2D eigenvalue weighted by molar-refractivity contribution is -0.112. The highest BCUT2D eigenvalue weighted by Gasteiger charge is 2.14. The summed E-state index contributed by atoms with van der Waals surface area (Å²) in [6, 6.07) is 24.5. The molecule has 4 heteroatoms. The van der Waals surface area contributed by atoms with Crippen LogP contribution in [0.5, 0.6) is 5.75 Å². The topological polar surface area (TPSA) is 43.3 Å². The van der Waals surface area contributed by atoms with Crippen molar-refractivity contribution in [1.82, 2.24) is 4.57 Å². The first-order valence-electron chi connectivity index (χ1n) is 11.6. The van der Waals surface area contributed by atoms with Crippen LogP contribution in [-0.4, -0.2) is 17.6 Å². The molecule has 0 radical (unpaired) electrons. The molecular formula is C30H32N2O2. The zero-order chi connectivity index (χ0) is 24.3. The first-order valence-corrected chi connectivity index (χ1v) is 11.6. The number of benzene rings is 3. The Morgan fingerprint density at radius 1 is 1.00 bits per heavy atom. The molecule has 4 aromatic rings. The summed E-state index contributed by atoms with van der Waals surface area (Å²) >= 11 is 0. The predicted octanol–water partition coefficient (Wildman–Crippen LogP) is 7.04. The van der Waals surface area contributed by atoms with Crippen molar-refractivity contribution in [3.63, 3.8) is 0 Å². The Kier molecular flexibility index (Phi) is 6.60. The molecule has 34 heavy (non-hydrogen) atoms. The van der Waals surface area contributed by atoms with Gasteiger partial charge in [-0.15, -0.1) is 0 Å². The standard InChI is InChI=1S/C30H32N2O2/c1-21(29(33)31-25-13-11-24(12-14-25)30(2,3)4)17-23-20-32(19-22-9-7-6-8-10-22)28-16-15-26(34-5)18-27(23)28/h6-18,20H,19H2,1-5H3,(H,31,33)/b21-17+. The van der Waals surface area contributed by atoms with Crippen molar-refractivity contribution in [1.29, 1.82) is 0 Å². The molecule has 0 aliphatic carbocycles. The molecule has 1 N–H and O–H groups in total. The van der Waals surface area contributed by atoms with Crippen molar-refractivity contribution in [3.05, 3.63) is 101 Å². The molecular weight excluding hydrogens is 420 g/mol. The summed E-state index contributed by atoms with van der Waals surface area (Å²) in [6.45, 7) is 9.13. The third-order valence-electron chi connectivity index (χ3n) is 6.05. The lowest BCUT2D eigenvalue weighted by Crippen LogP contribution is -2.14. The molecule has 0 saturated carbocycles. The van der Waals surface area contributed by atoms with Crippen molar-refractivity contribution < 1.29 is 9.53 Å². The van der Waals surface area contributed by atoms with E-state index in [0.717, 1.165) is 34.4 Å². The van der Waals surface area contributed by atoms with Crippen LogP contribution in [0.4, 0.5) is 5.69 Å². The highest BCUT2D eigenvalue weighted by atomic mass is 16.5. The number of aromatic nitrogens is 1. The fourth-order valence-electron chi connectivity index (χ4n) is 4.04. The fraction of sp³-hybridized carbons (Fsp3) is 0.233. The number of hydrogen-bond acceptors (Lipinski definition) is 2. The van der Waals surface area contributed by atoms with Crippen LogP contribution in [0.3, 0.4) is 0 Å². The molecule has 1 amide bonds. The Morgan fingerprint density at radius 3 is 2.35 bits per heavy atom. The van der Waals surface area contributed by atoms with Crippen LogP contribution in [-0.2, 0) is 16.8 Å². The highest BCUT2D eigenvalue weighted by molar-refractivity contribution is 6.07. The molecule has 4 nitrogen and oxygen atoms in total. The Balaban J connectivity index is 1.62. The maximum atomic E-state index is 12.9. The minimum absolute atomic E-state index is 0.0768. The third-order valence-corrected chi connectivity index (χ3v) is 6.05. The maximum absolute atomic E-state index is 12.9. The largest absolute Gasteiger partial charge is 0.497 e. The quantitative estimate of drug-likeness (QED) is 0.319. The summed E-state index contributed by atoms with van der Waals surface area (Å²) in [5, 5.41) is 4.07. The monoisotopic (exact) mass is 452 g/mol. The molecule has 3 aromatic carbocycles. The first-order chi connectivity index (χ1) is 16.2. The average molecular weight is 453 g/mol. The number of hydrogen-bond donors (Lipinski definition) is 1. The molecule has 0 atom stereocenters. The van der Waals surface area contributed by atoms with E-state index >= 15 is 0 Å². The van der Waals surface area contributed by atoms with Gasteiger partial charge in [0, 0.05) is 40.5 Å². The normalized spacial score (nSPS) is 12.1. The van der Waals surface area contributed by atoms with E-state index in [1.807, 2.05) is 55.5 Å². The van der Waals surface area contributed by atoms with Crippen LogP contribution >= 0.6 is 0 Å². The zero-order valence-electron chi connectivity index (χ0n) is 20.6. The highest BCUT2D eigenvalue weighted by Crippen LogP contribution is 2.29. The minimum atomic E-state index is -0.115. The van der Waals surface area contributed by atoms with Crippen LogP contribution in [0.15, 0.2) is 84.6 Å². The lowest BCUT2D eigenvalue weighted by Gasteiger charge is -2.19. The smallest absolute Gasteiger partial charge is 0.251 e.